The van der Waals surface area contributed by atoms with E-state index in [-0.39, 0.29) is 31.1 Å². The summed E-state index contributed by atoms with van der Waals surface area (Å²) in [6, 6.07) is 0. The van der Waals surface area contributed by atoms with E-state index in [1.165, 1.54) is 231 Å². The van der Waals surface area contributed by atoms with Crippen LogP contribution < -0.4 is 0 Å². The Hall–Kier alpha value is -2.63. The van der Waals surface area contributed by atoms with E-state index in [1.54, 1.807) is 0 Å². The molecule has 0 aliphatic rings. The van der Waals surface area contributed by atoms with Gasteiger partial charge < -0.3 is 14.2 Å². The molecule has 0 aromatic carbocycles. The number of hydrogen-bond donors (Lipinski definition) is 0. The van der Waals surface area contributed by atoms with Crippen LogP contribution in [0.2, 0.25) is 0 Å². The number of ether oxygens (including phenoxy) is 3. The molecule has 0 heterocycles. The first-order chi connectivity index (χ1) is 36.0. The Labute approximate surface area is 454 Å². The molecule has 73 heavy (non-hydrogen) atoms. The quantitative estimate of drug-likeness (QED) is 0.0261. The van der Waals surface area contributed by atoms with Crippen LogP contribution >= 0.6 is 0 Å². The van der Waals surface area contributed by atoms with Gasteiger partial charge >= 0.3 is 17.9 Å². The van der Waals surface area contributed by atoms with Gasteiger partial charge in [0.1, 0.15) is 13.2 Å². The number of carbonyl (C=O) groups excluding carboxylic acids is 3. The maximum absolute atomic E-state index is 12.8. The number of hydrogen-bond acceptors (Lipinski definition) is 6. The highest BCUT2D eigenvalue weighted by Crippen LogP contribution is 2.17. The largest absolute Gasteiger partial charge is 0.462 e. The van der Waals surface area contributed by atoms with Crippen LogP contribution in [-0.2, 0) is 28.6 Å². The van der Waals surface area contributed by atoms with E-state index in [4.69, 9.17) is 14.2 Å². The zero-order chi connectivity index (χ0) is 52.9. The highest BCUT2D eigenvalue weighted by atomic mass is 16.6. The molecule has 0 fully saturated rings. The van der Waals surface area contributed by atoms with Crippen molar-refractivity contribution in [2.24, 2.45) is 0 Å². The predicted octanol–water partition coefficient (Wildman–Crippen LogP) is 21.8. The molecule has 1 unspecified atom stereocenters. The van der Waals surface area contributed by atoms with E-state index in [0.717, 1.165) is 70.6 Å². The molecule has 0 N–H and O–H groups in total. The molecule has 0 bridgehead atoms. The van der Waals surface area contributed by atoms with Gasteiger partial charge in [-0.15, -0.1) is 0 Å². The average Bonchev–Trinajstić information content (AvgIpc) is 3.39. The van der Waals surface area contributed by atoms with Crippen molar-refractivity contribution >= 4 is 17.9 Å². The van der Waals surface area contributed by atoms with Crippen LogP contribution in [0.4, 0.5) is 0 Å². The first-order valence-electron chi connectivity index (χ1n) is 32.1. The summed E-state index contributed by atoms with van der Waals surface area (Å²) in [5.41, 5.74) is 0. The first kappa shape index (κ1) is 70.4. The normalized spacial score (nSPS) is 12.3. The van der Waals surface area contributed by atoms with Gasteiger partial charge in [0.05, 0.1) is 0 Å². The van der Waals surface area contributed by atoms with Gasteiger partial charge in [-0.2, -0.15) is 0 Å². The lowest BCUT2D eigenvalue weighted by Gasteiger charge is -2.18. The molecule has 0 saturated carbocycles. The van der Waals surface area contributed by atoms with Crippen LogP contribution in [-0.4, -0.2) is 37.2 Å². The van der Waals surface area contributed by atoms with Gasteiger partial charge in [0, 0.05) is 19.3 Å². The fourth-order valence-corrected chi connectivity index (χ4v) is 9.45. The summed E-state index contributed by atoms with van der Waals surface area (Å²) in [6.07, 6.45) is 77.3. The van der Waals surface area contributed by atoms with Crippen molar-refractivity contribution in [2.75, 3.05) is 13.2 Å². The van der Waals surface area contributed by atoms with Crippen LogP contribution in [0.1, 0.15) is 342 Å². The van der Waals surface area contributed by atoms with Crippen molar-refractivity contribution in [2.45, 2.75) is 348 Å². The molecule has 6 nitrogen and oxygen atoms in total. The number of allylic oxidation sites excluding steroid dienone is 8. The van der Waals surface area contributed by atoms with Crippen LogP contribution in [0.25, 0.3) is 0 Å². The minimum Gasteiger partial charge on any atom is -0.462 e. The van der Waals surface area contributed by atoms with Crippen LogP contribution in [0, 0.1) is 0 Å². The Balaban J connectivity index is 4.00. The molecule has 0 radical (unpaired) electrons. The summed E-state index contributed by atoms with van der Waals surface area (Å²) in [5, 5.41) is 0. The second kappa shape index (κ2) is 61.9. The molecule has 0 saturated heterocycles. The number of carbonyl (C=O) groups is 3. The van der Waals surface area contributed by atoms with Crippen LogP contribution in [0.5, 0.6) is 0 Å². The van der Waals surface area contributed by atoms with Crippen LogP contribution in [0.15, 0.2) is 48.6 Å². The van der Waals surface area contributed by atoms with Crippen molar-refractivity contribution in [1.82, 2.24) is 0 Å². The van der Waals surface area contributed by atoms with E-state index in [0.29, 0.717) is 19.3 Å². The predicted molar refractivity (Wildman–Crippen MR) is 316 cm³/mol. The maximum atomic E-state index is 12.8. The Morgan fingerprint density at radius 2 is 0.493 bits per heavy atom. The molecular weight excluding hydrogens is 901 g/mol. The van der Waals surface area contributed by atoms with Gasteiger partial charge in [-0.1, -0.05) is 288 Å². The van der Waals surface area contributed by atoms with Crippen LogP contribution in [0.3, 0.4) is 0 Å². The standard InChI is InChI=1S/C67H122O6/c1-4-7-10-13-16-18-20-22-24-26-28-29-30-31-32-33-34-35-36-37-38-39-40-42-43-45-47-49-51-54-57-60-66(69)72-63-64(62-71-65(68)59-56-53-15-12-9-6-3)73-67(70)61-58-55-52-50-48-46-44-41-27-25-23-21-19-17-14-11-8-5-2/h20,22,25-28,30-31,64H,4-19,21,23-24,29,32-63H2,1-3H3/b22-20-,27-25-,28-26-,31-30-. The van der Waals surface area contributed by atoms with Crippen molar-refractivity contribution in [3.63, 3.8) is 0 Å². The van der Waals surface area contributed by atoms with E-state index >= 15 is 0 Å². The molecule has 0 spiro atoms. The SMILES string of the molecule is CCCCCCC/C=C\C/C=C\C/C=C\CCCCCCCCCCCCCCCCCCC(=O)OCC(COC(=O)CCCCCCCC)OC(=O)CCCCCCCCC/C=C\CCCCCCCCC. The average molecular weight is 1020 g/mol. The van der Waals surface area contributed by atoms with E-state index < -0.39 is 6.10 Å². The lowest BCUT2D eigenvalue weighted by molar-refractivity contribution is -0.167. The second-order valence-electron chi connectivity index (χ2n) is 21.7. The molecule has 0 aliphatic carbocycles. The highest BCUT2D eigenvalue weighted by Gasteiger charge is 2.19. The minimum absolute atomic E-state index is 0.0714. The van der Waals surface area contributed by atoms with Crippen molar-refractivity contribution in [1.29, 1.82) is 0 Å². The van der Waals surface area contributed by atoms with Gasteiger partial charge in [-0.05, 0) is 83.5 Å². The maximum Gasteiger partial charge on any atom is 0.306 e. The summed E-state index contributed by atoms with van der Waals surface area (Å²) in [5.74, 6) is -0.869. The lowest BCUT2D eigenvalue weighted by Crippen LogP contribution is -2.30. The molecule has 1 atom stereocenters. The highest BCUT2D eigenvalue weighted by molar-refractivity contribution is 5.71. The Morgan fingerprint density at radius 1 is 0.274 bits per heavy atom. The fourth-order valence-electron chi connectivity index (χ4n) is 9.45. The summed E-state index contributed by atoms with van der Waals surface area (Å²) in [7, 11) is 0. The zero-order valence-corrected chi connectivity index (χ0v) is 48.9. The summed E-state index contributed by atoms with van der Waals surface area (Å²) in [6.45, 7) is 6.60. The Kier molecular flexibility index (Phi) is 59.7. The number of rotatable bonds is 59. The van der Waals surface area contributed by atoms with E-state index in [9.17, 15) is 14.4 Å². The molecular formula is C67H122O6. The third-order valence-electron chi connectivity index (χ3n) is 14.3. The van der Waals surface area contributed by atoms with Gasteiger partial charge in [0.15, 0.2) is 6.10 Å². The fraction of sp³-hybridized carbons (Fsp3) is 0.836. The van der Waals surface area contributed by atoms with Crippen molar-refractivity contribution < 1.29 is 28.6 Å². The number of unbranched alkanes of at least 4 members (excludes halogenated alkanes) is 40. The topological polar surface area (TPSA) is 78.9 Å². The number of esters is 3. The molecule has 0 amide bonds. The van der Waals surface area contributed by atoms with Gasteiger partial charge in [0.25, 0.3) is 0 Å². The second-order valence-corrected chi connectivity index (χ2v) is 21.7. The van der Waals surface area contributed by atoms with Crippen molar-refractivity contribution in [3.8, 4) is 0 Å². The monoisotopic (exact) mass is 1020 g/mol. The zero-order valence-electron chi connectivity index (χ0n) is 48.9. The molecule has 426 valence electrons. The summed E-state index contributed by atoms with van der Waals surface area (Å²) < 4.78 is 16.8. The van der Waals surface area contributed by atoms with Gasteiger partial charge in [-0.3, -0.25) is 14.4 Å². The smallest absolute Gasteiger partial charge is 0.306 e. The molecule has 0 aliphatic heterocycles. The molecule has 0 rings (SSSR count). The lowest BCUT2D eigenvalue weighted by atomic mass is 10.0. The molecule has 0 aromatic rings. The van der Waals surface area contributed by atoms with Crippen molar-refractivity contribution in [3.05, 3.63) is 48.6 Å². The summed E-state index contributed by atoms with van der Waals surface area (Å²) >= 11 is 0. The van der Waals surface area contributed by atoms with E-state index in [2.05, 4.69) is 69.4 Å². The van der Waals surface area contributed by atoms with Gasteiger partial charge in [-0.25, -0.2) is 0 Å². The Bertz CT molecular complexity index is 1270. The minimum atomic E-state index is -0.770. The first-order valence-corrected chi connectivity index (χ1v) is 32.1. The van der Waals surface area contributed by atoms with Gasteiger partial charge in [0.2, 0.25) is 0 Å². The molecule has 6 heteroatoms. The summed E-state index contributed by atoms with van der Waals surface area (Å²) in [4.78, 5) is 38.0. The van der Waals surface area contributed by atoms with E-state index in [1.807, 2.05) is 0 Å². The Morgan fingerprint density at radius 3 is 0.781 bits per heavy atom. The third-order valence-corrected chi connectivity index (χ3v) is 14.3. The molecule has 0 aromatic heterocycles. The third kappa shape index (κ3) is 60.1.